The molecule has 0 aliphatic carbocycles. The molecule has 0 nitrogen and oxygen atoms in total. The summed E-state index contributed by atoms with van der Waals surface area (Å²) in [7, 11) is -1.13. The van der Waals surface area contributed by atoms with Gasteiger partial charge in [0, 0.05) is 0 Å². The lowest BCUT2D eigenvalue weighted by atomic mass is 10.4. The van der Waals surface area contributed by atoms with E-state index < -0.39 is 31.1 Å². The Morgan fingerprint density at radius 3 is 1.21 bits per heavy atom. The van der Waals surface area contributed by atoms with Gasteiger partial charge in [-0.3, -0.25) is 0 Å². The molecule has 1 rings (SSSR count). The minimum Gasteiger partial charge on any atom is -0.216 e. The molecule has 0 spiro atoms. The molecule has 74 valence electrons. The molecule has 1 aromatic rings. The summed E-state index contributed by atoms with van der Waals surface area (Å²) in [4.78, 5) is 0. The Bertz CT molecular complexity index is 244. The summed E-state index contributed by atoms with van der Waals surface area (Å²) >= 11 is 0. The highest BCUT2D eigenvalue weighted by atomic mass is 28.2. The first kappa shape index (κ1) is 11.4. The molecule has 0 N–H and O–H groups in total. The van der Waals surface area contributed by atoms with E-state index >= 15 is 0 Å². The Morgan fingerprint density at radius 1 is 0.714 bits per heavy atom. The molecule has 14 heavy (non-hydrogen) atoms. The standard InChI is InChI=1S/C8H6F4Si2/c9-7(10)13-5-1-2-6(4-3-5)14-8(11)12/h1-4,7-8H. The first-order chi connectivity index (χ1) is 6.58. The zero-order valence-corrected chi connectivity index (χ0v) is 8.98. The van der Waals surface area contributed by atoms with Crippen LogP contribution in [-0.4, -0.2) is 31.1 Å². The van der Waals surface area contributed by atoms with Gasteiger partial charge in [-0.1, -0.05) is 34.6 Å². The maximum absolute atomic E-state index is 11.9. The molecule has 4 radical (unpaired) electrons. The molecule has 0 fully saturated rings. The molecule has 0 aliphatic rings. The van der Waals surface area contributed by atoms with Crippen molar-refractivity contribution in [1.82, 2.24) is 0 Å². The molecule has 0 aliphatic heterocycles. The van der Waals surface area contributed by atoms with E-state index in [0.29, 0.717) is 10.4 Å². The number of benzene rings is 1. The van der Waals surface area contributed by atoms with Crippen LogP contribution in [0.3, 0.4) is 0 Å². The summed E-state index contributed by atoms with van der Waals surface area (Å²) < 4.78 is 47.7. The average Bonchev–Trinajstić information content (AvgIpc) is 2.06. The highest BCUT2D eigenvalue weighted by molar-refractivity contribution is 6.56. The predicted octanol–water partition coefficient (Wildman–Crippen LogP) is 0.791. The normalized spacial score (nSPS) is 11.3. The SMILES string of the molecule is FC(F)[Si]c1ccc([Si]C(F)F)cc1. The quantitative estimate of drug-likeness (QED) is 0.534. The van der Waals surface area contributed by atoms with Crippen LogP contribution in [0.4, 0.5) is 17.6 Å². The van der Waals surface area contributed by atoms with Crippen LogP contribution in [0.5, 0.6) is 0 Å². The Morgan fingerprint density at radius 2 is 1.00 bits per heavy atom. The zero-order chi connectivity index (χ0) is 10.6. The summed E-state index contributed by atoms with van der Waals surface area (Å²) in [6.07, 6.45) is 0. The number of hydrogen-bond donors (Lipinski definition) is 0. The van der Waals surface area contributed by atoms with Crippen LogP contribution in [-0.2, 0) is 0 Å². The molecule has 0 saturated heterocycles. The predicted molar refractivity (Wildman–Crippen MR) is 49.2 cm³/mol. The lowest BCUT2D eigenvalue weighted by Crippen LogP contribution is -2.26. The second kappa shape index (κ2) is 5.30. The summed E-state index contributed by atoms with van der Waals surface area (Å²) in [5.41, 5.74) is 0. The zero-order valence-electron chi connectivity index (χ0n) is 6.98. The maximum atomic E-state index is 11.9. The summed E-state index contributed by atoms with van der Waals surface area (Å²) in [5.74, 6) is 0. The first-order valence-electron chi connectivity index (χ1n) is 3.77. The van der Waals surface area contributed by atoms with E-state index in [1.165, 1.54) is 24.3 Å². The fourth-order valence-corrected chi connectivity index (χ4v) is 2.14. The number of alkyl halides is 4. The monoisotopic (exact) mass is 234 g/mol. The fraction of sp³-hybridized carbons (Fsp3) is 0.250. The Labute approximate surface area is 84.0 Å². The van der Waals surface area contributed by atoms with E-state index in [9.17, 15) is 17.6 Å². The molecule has 0 saturated carbocycles. The van der Waals surface area contributed by atoms with Crippen molar-refractivity contribution >= 4 is 29.4 Å². The molecule has 0 bridgehead atoms. The van der Waals surface area contributed by atoms with Crippen LogP contribution in [0.2, 0.25) is 0 Å². The van der Waals surface area contributed by atoms with Crippen LogP contribution in [0.25, 0.3) is 0 Å². The number of rotatable bonds is 4. The highest BCUT2D eigenvalue weighted by Gasteiger charge is 2.09. The third kappa shape index (κ3) is 4.05. The second-order valence-electron chi connectivity index (χ2n) is 2.47. The Kier molecular flexibility index (Phi) is 4.34. The summed E-state index contributed by atoms with van der Waals surface area (Å²) in [5, 5.41) is 1.01. The van der Waals surface area contributed by atoms with Crippen molar-refractivity contribution in [3.05, 3.63) is 24.3 Å². The Hall–Kier alpha value is -0.626. The van der Waals surface area contributed by atoms with Gasteiger partial charge in [0.2, 0.25) is 12.1 Å². The van der Waals surface area contributed by atoms with E-state index in [0.717, 1.165) is 0 Å². The van der Waals surface area contributed by atoms with E-state index in [-0.39, 0.29) is 0 Å². The van der Waals surface area contributed by atoms with E-state index in [4.69, 9.17) is 0 Å². The van der Waals surface area contributed by atoms with Gasteiger partial charge in [-0.05, 0) is 0 Å². The molecule has 0 unspecified atom stereocenters. The van der Waals surface area contributed by atoms with E-state index in [1.807, 2.05) is 0 Å². The molecular weight excluding hydrogens is 228 g/mol. The topological polar surface area (TPSA) is 0 Å². The van der Waals surface area contributed by atoms with Gasteiger partial charge in [0.05, 0.1) is 0 Å². The van der Waals surface area contributed by atoms with Gasteiger partial charge < -0.3 is 0 Å². The third-order valence-electron chi connectivity index (χ3n) is 1.44. The minimum absolute atomic E-state index is 0.503. The van der Waals surface area contributed by atoms with Crippen molar-refractivity contribution in [2.45, 2.75) is 12.1 Å². The van der Waals surface area contributed by atoms with Crippen LogP contribution >= 0.6 is 0 Å². The van der Waals surface area contributed by atoms with Gasteiger partial charge >= 0.3 is 0 Å². The van der Waals surface area contributed by atoms with E-state index in [1.54, 1.807) is 0 Å². The van der Waals surface area contributed by atoms with Crippen molar-refractivity contribution in [2.75, 3.05) is 0 Å². The largest absolute Gasteiger partial charge is 0.222 e. The smallest absolute Gasteiger partial charge is 0.216 e. The van der Waals surface area contributed by atoms with Gasteiger partial charge in [0.25, 0.3) is 0 Å². The maximum Gasteiger partial charge on any atom is 0.222 e. The third-order valence-corrected chi connectivity index (χ3v) is 3.21. The lowest BCUT2D eigenvalue weighted by Gasteiger charge is -2.01. The van der Waals surface area contributed by atoms with Crippen molar-refractivity contribution in [1.29, 1.82) is 0 Å². The van der Waals surface area contributed by atoms with Crippen LogP contribution in [0, 0.1) is 0 Å². The van der Waals surface area contributed by atoms with E-state index in [2.05, 4.69) is 0 Å². The van der Waals surface area contributed by atoms with Gasteiger partial charge in [0.1, 0.15) is 0 Å². The highest BCUT2D eigenvalue weighted by Crippen LogP contribution is 1.92. The minimum atomic E-state index is -2.36. The Balaban J connectivity index is 2.59. The summed E-state index contributed by atoms with van der Waals surface area (Å²) in [6.45, 7) is 0. The number of hydrogen-bond acceptors (Lipinski definition) is 0. The average molecular weight is 234 g/mol. The van der Waals surface area contributed by atoms with Crippen molar-refractivity contribution < 1.29 is 17.6 Å². The molecule has 0 amide bonds. The van der Waals surface area contributed by atoms with Crippen molar-refractivity contribution in [2.24, 2.45) is 0 Å². The molecule has 6 heteroatoms. The summed E-state index contributed by atoms with van der Waals surface area (Å²) in [6, 6.07) is 1.20. The van der Waals surface area contributed by atoms with Crippen molar-refractivity contribution in [3.63, 3.8) is 0 Å². The molecule has 0 heterocycles. The molecular formula is C8H6F4Si2. The molecule has 0 atom stereocenters. The van der Waals surface area contributed by atoms with Gasteiger partial charge in [-0.2, -0.15) is 0 Å². The van der Waals surface area contributed by atoms with Crippen LogP contribution in [0.1, 0.15) is 0 Å². The van der Waals surface area contributed by atoms with Crippen LogP contribution < -0.4 is 10.4 Å². The van der Waals surface area contributed by atoms with Gasteiger partial charge in [-0.15, -0.1) is 0 Å². The fourth-order valence-electron chi connectivity index (χ4n) is 0.915. The molecule has 0 aromatic heterocycles. The van der Waals surface area contributed by atoms with Crippen LogP contribution in [0.15, 0.2) is 24.3 Å². The lowest BCUT2D eigenvalue weighted by molar-refractivity contribution is 0.239. The molecule has 1 aromatic carbocycles. The number of halogens is 4. The van der Waals surface area contributed by atoms with Gasteiger partial charge in [-0.25, -0.2) is 17.6 Å². The second-order valence-corrected chi connectivity index (χ2v) is 5.07. The van der Waals surface area contributed by atoms with Gasteiger partial charge in [0.15, 0.2) is 19.0 Å². The van der Waals surface area contributed by atoms with Crippen molar-refractivity contribution in [3.8, 4) is 0 Å². The first-order valence-corrected chi connectivity index (χ1v) is 5.93.